The van der Waals surface area contributed by atoms with Crippen LogP contribution in [0.2, 0.25) is 0 Å². The van der Waals surface area contributed by atoms with Gasteiger partial charge in [0.1, 0.15) is 0 Å². The first-order valence-corrected chi connectivity index (χ1v) is 7.20. The van der Waals surface area contributed by atoms with E-state index in [0.29, 0.717) is 6.04 Å². The molecule has 1 aliphatic rings. The van der Waals surface area contributed by atoms with Gasteiger partial charge >= 0.3 is 0 Å². The first-order valence-electron chi connectivity index (χ1n) is 7.20. The SMILES string of the molecule is CC(CNCCc1ccncc1)N1CCCCC1. The maximum Gasteiger partial charge on any atom is 0.0270 e. The lowest BCUT2D eigenvalue weighted by Crippen LogP contribution is -2.43. The van der Waals surface area contributed by atoms with E-state index in [4.69, 9.17) is 0 Å². The molecular formula is C15H25N3. The van der Waals surface area contributed by atoms with Gasteiger partial charge in [0, 0.05) is 25.0 Å². The first kappa shape index (κ1) is 13.5. The van der Waals surface area contributed by atoms with Gasteiger partial charge in [0.25, 0.3) is 0 Å². The number of aromatic nitrogens is 1. The van der Waals surface area contributed by atoms with Crippen LogP contribution >= 0.6 is 0 Å². The Balaban J connectivity index is 1.60. The summed E-state index contributed by atoms with van der Waals surface area (Å²) >= 11 is 0. The van der Waals surface area contributed by atoms with E-state index >= 15 is 0 Å². The van der Waals surface area contributed by atoms with Gasteiger partial charge in [-0.1, -0.05) is 6.42 Å². The molecule has 0 radical (unpaired) electrons. The minimum Gasteiger partial charge on any atom is -0.315 e. The maximum atomic E-state index is 4.04. The molecule has 3 heteroatoms. The summed E-state index contributed by atoms with van der Waals surface area (Å²) in [5.74, 6) is 0. The maximum absolute atomic E-state index is 4.04. The molecule has 3 nitrogen and oxygen atoms in total. The van der Waals surface area contributed by atoms with Crippen LogP contribution in [0.25, 0.3) is 0 Å². The van der Waals surface area contributed by atoms with Gasteiger partial charge in [-0.25, -0.2) is 0 Å². The third-order valence-corrected chi connectivity index (χ3v) is 3.79. The number of likely N-dealkylation sites (tertiary alicyclic amines) is 1. The van der Waals surface area contributed by atoms with Gasteiger partial charge in [-0.2, -0.15) is 0 Å². The Hall–Kier alpha value is -0.930. The molecule has 1 atom stereocenters. The van der Waals surface area contributed by atoms with Crippen molar-refractivity contribution in [3.8, 4) is 0 Å². The standard InChI is InChI=1S/C15H25N3/c1-14(18-11-3-2-4-12-18)13-17-10-7-15-5-8-16-9-6-15/h5-6,8-9,14,17H,2-4,7,10-13H2,1H3. The molecule has 100 valence electrons. The third kappa shape index (κ3) is 4.39. The minimum atomic E-state index is 0.669. The van der Waals surface area contributed by atoms with Crippen LogP contribution in [0, 0.1) is 0 Å². The summed E-state index contributed by atoms with van der Waals surface area (Å²) in [5, 5.41) is 3.57. The van der Waals surface area contributed by atoms with Crippen LogP contribution < -0.4 is 5.32 Å². The second-order valence-corrected chi connectivity index (χ2v) is 5.26. The highest BCUT2D eigenvalue weighted by Crippen LogP contribution is 2.11. The number of rotatable bonds is 6. The predicted octanol–water partition coefficient (Wildman–Crippen LogP) is 2.09. The largest absolute Gasteiger partial charge is 0.315 e. The van der Waals surface area contributed by atoms with E-state index in [2.05, 4.69) is 34.3 Å². The van der Waals surface area contributed by atoms with Gasteiger partial charge in [0.05, 0.1) is 0 Å². The van der Waals surface area contributed by atoms with Gasteiger partial charge < -0.3 is 5.32 Å². The number of nitrogens with one attached hydrogen (secondary N) is 1. The second kappa shape index (κ2) is 7.49. The fourth-order valence-electron chi connectivity index (χ4n) is 2.58. The van der Waals surface area contributed by atoms with E-state index in [1.54, 1.807) is 0 Å². The highest BCUT2D eigenvalue weighted by molar-refractivity contribution is 5.09. The molecule has 0 bridgehead atoms. The van der Waals surface area contributed by atoms with Crippen LogP contribution in [0.15, 0.2) is 24.5 Å². The van der Waals surface area contributed by atoms with Gasteiger partial charge in [-0.3, -0.25) is 9.88 Å². The molecule has 2 rings (SSSR count). The molecule has 1 N–H and O–H groups in total. The fourth-order valence-corrected chi connectivity index (χ4v) is 2.58. The molecule has 0 amide bonds. The second-order valence-electron chi connectivity index (χ2n) is 5.26. The molecule has 1 aromatic heterocycles. The van der Waals surface area contributed by atoms with Crippen LogP contribution in [0.3, 0.4) is 0 Å². The van der Waals surface area contributed by atoms with Crippen molar-refractivity contribution in [3.63, 3.8) is 0 Å². The quantitative estimate of drug-likeness (QED) is 0.780. The lowest BCUT2D eigenvalue weighted by molar-refractivity contribution is 0.171. The average Bonchev–Trinajstić information content (AvgIpc) is 2.45. The van der Waals surface area contributed by atoms with Crippen molar-refractivity contribution in [2.24, 2.45) is 0 Å². The molecule has 1 unspecified atom stereocenters. The van der Waals surface area contributed by atoms with Crippen molar-refractivity contribution >= 4 is 0 Å². The Morgan fingerprint density at radius 1 is 1.22 bits per heavy atom. The highest BCUT2D eigenvalue weighted by Gasteiger charge is 2.15. The van der Waals surface area contributed by atoms with Crippen molar-refractivity contribution < 1.29 is 0 Å². The molecule has 1 aliphatic heterocycles. The molecule has 0 saturated carbocycles. The van der Waals surface area contributed by atoms with E-state index in [0.717, 1.165) is 19.5 Å². The summed E-state index contributed by atoms with van der Waals surface area (Å²) in [5.41, 5.74) is 1.36. The van der Waals surface area contributed by atoms with E-state index in [1.807, 2.05) is 12.4 Å². The van der Waals surface area contributed by atoms with Gasteiger partial charge in [-0.05, 0) is 63.5 Å². The van der Waals surface area contributed by atoms with E-state index < -0.39 is 0 Å². The lowest BCUT2D eigenvalue weighted by Gasteiger charge is -2.32. The summed E-state index contributed by atoms with van der Waals surface area (Å²) in [6, 6.07) is 4.86. The molecule has 0 aliphatic carbocycles. The van der Waals surface area contributed by atoms with Crippen LogP contribution in [-0.4, -0.2) is 42.1 Å². The van der Waals surface area contributed by atoms with Crippen LogP contribution in [0.4, 0.5) is 0 Å². The number of piperidine rings is 1. The van der Waals surface area contributed by atoms with Crippen molar-refractivity contribution in [1.82, 2.24) is 15.2 Å². The molecule has 1 aromatic rings. The number of nitrogens with zero attached hydrogens (tertiary/aromatic N) is 2. The van der Waals surface area contributed by atoms with Gasteiger partial charge in [0.15, 0.2) is 0 Å². The molecule has 18 heavy (non-hydrogen) atoms. The molecular weight excluding hydrogens is 222 g/mol. The van der Waals surface area contributed by atoms with Crippen LogP contribution in [-0.2, 0) is 6.42 Å². The lowest BCUT2D eigenvalue weighted by atomic mass is 10.1. The molecule has 1 fully saturated rings. The topological polar surface area (TPSA) is 28.2 Å². The van der Waals surface area contributed by atoms with Crippen molar-refractivity contribution in [1.29, 1.82) is 0 Å². The first-order chi connectivity index (χ1) is 8.86. The molecule has 0 aromatic carbocycles. The Kier molecular flexibility index (Phi) is 5.62. The zero-order chi connectivity index (χ0) is 12.6. The van der Waals surface area contributed by atoms with E-state index in [-0.39, 0.29) is 0 Å². The normalized spacial score (nSPS) is 18.7. The smallest absolute Gasteiger partial charge is 0.0270 e. The summed E-state index contributed by atoms with van der Waals surface area (Å²) < 4.78 is 0. The van der Waals surface area contributed by atoms with Crippen LogP contribution in [0.5, 0.6) is 0 Å². The van der Waals surface area contributed by atoms with E-state index in [1.165, 1.54) is 37.9 Å². The molecule has 2 heterocycles. The molecule has 0 spiro atoms. The summed E-state index contributed by atoms with van der Waals surface area (Å²) in [6.45, 7) is 7.07. The summed E-state index contributed by atoms with van der Waals surface area (Å²) in [4.78, 5) is 6.65. The zero-order valence-corrected chi connectivity index (χ0v) is 11.4. The van der Waals surface area contributed by atoms with E-state index in [9.17, 15) is 0 Å². The summed E-state index contributed by atoms with van der Waals surface area (Å²) in [6.07, 6.45) is 8.99. The van der Waals surface area contributed by atoms with Gasteiger partial charge in [-0.15, -0.1) is 0 Å². The highest BCUT2D eigenvalue weighted by atomic mass is 15.2. The average molecular weight is 247 g/mol. The predicted molar refractivity (Wildman–Crippen MR) is 75.7 cm³/mol. The number of hydrogen-bond acceptors (Lipinski definition) is 3. The monoisotopic (exact) mass is 247 g/mol. The summed E-state index contributed by atoms with van der Waals surface area (Å²) in [7, 11) is 0. The van der Waals surface area contributed by atoms with Gasteiger partial charge in [0.2, 0.25) is 0 Å². The minimum absolute atomic E-state index is 0.669. The van der Waals surface area contributed by atoms with Crippen molar-refractivity contribution in [2.75, 3.05) is 26.2 Å². The van der Waals surface area contributed by atoms with Crippen molar-refractivity contribution in [2.45, 2.75) is 38.6 Å². The Labute approximate surface area is 111 Å². The Morgan fingerprint density at radius 3 is 2.67 bits per heavy atom. The van der Waals surface area contributed by atoms with Crippen LogP contribution in [0.1, 0.15) is 31.7 Å². The fraction of sp³-hybridized carbons (Fsp3) is 0.667. The number of hydrogen-bond donors (Lipinski definition) is 1. The Bertz CT molecular complexity index is 320. The van der Waals surface area contributed by atoms with Crippen molar-refractivity contribution in [3.05, 3.63) is 30.1 Å². The zero-order valence-electron chi connectivity index (χ0n) is 11.4. The third-order valence-electron chi connectivity index (χ3n) is 3.79. The molecule has 1 saturated heterocycles. The Morgan fingerprint density at radius 2 is 1.94 bits per heavy atom. The number of pyridine rings is 1.